The van der Waals surface area contributed by atoms with Crippen molar-refractivity contribution in [2.75, 3.05) is 38.8 Å². The van der Waals surface area contributed by atoms with Gasteiger partial charge in [-0.05, 0) is 61.7 Å². The highest BCUT2D eigenvalue weighted by Crippen LogP contribution is 2.31. The Labute approximate surface area is 221 Å². The number of rotatable bonds is 9. The number of hydrogen-bond donors (Lipinski definition) is 1. The minimum atomic E-state index is -0.111. The molecular formula is C28H33N5O5. The Bertz CT molecular complexity index is 1290. The highest BCUT2D eigenvalue weighted by molar-refractivity contribution is 5.95. The molecule has 10 heteroatoms. The smallest absolute Gasteiger partial charge is 0.241 e. The van der Waals surface area contributed by atoms with Crippen LogP contribution in [0.4, 0.5) is 5.69 Å². The molecule has 38 heavy (non-hydrogen) atoms. The van der Waals surface area contributed by atoms with E-state index in [4.69, 9.17) is 14.0 Å². The van der Waals surface area contributed by atoms with Gasteiger partial charge in [0.25, 0.3) is 0 Å². The fraction of sp³-hybridized carbons (Fsp3) is 0.429. The lowest BCUT2D eigenvalue weighted by Gasteiger charge is -2.30. The molecular weight excluding hydrogens is 486 g/mol. The van der Waals surface area contributed by atoms with Crippen LogP contribution in [0.15, 0.2) is 47.0 Å². The molecule has 2 amide bonds. The van der Waals surface area contributed by atoms with Crippen LogP contribution in [0.1, 0.15) is 37.1 Å². The topological polar surface area (TPSA) is 110 Å². The highest BCUT2D eigenvalue weighted by Gasteiger charge is 2.27. The molecule has 0 saturated carbocycles. The summed E-state index contributed by atoms with van der Waals surface area (Å²) >= 11 is 0. The van der Waals surface area contributed by atoms with E-state index < -0.39 is 0 Å². The lowest BCUT2D eigenvalue weighted by molar-refractivity contribution is -0.127. The maximum Gasteiger partial charge on any atom is 0.241 e. The summed E-state index contributed by atoms with van der Waals surface area (Å²) in [5.41, 5.74) is 2.65. The number of carbonyl (C=O) groups excluding carboxylic acids is 2. The minimum absolute atomic E-state index is 0.0360. The Morgan fingerprint density at radius 3 is 2.76 bits per heavy atom. The maximum absolute atomic E-state index is 13.0. The van der Waals surface area contributed by atoms with E-state index in [0.717, 1.165) is 49.2 Å². The molecule has 0 radical (unpaired) electrons. The molecule has 2 aromatic carbocycles. The van der Waals surface area contributed by atoms with Gasteiger partial charge in [0.2, 0.25) is 23.5 Å². The molecule has 0 aliphatic carbocycles. The number of ether oxygens (including phenoxy) is 2. The van der Waals surface area contributed by atoms with Gasteiger partial charge in [0.05, 0.1) is 26.7 Å². The van der Waals surface area contributed by atoms with Crippen molar-refractivity contribution in [1.82, 2.24) is 20.4 Å². The van der Waals surface area contributed by atoms with Crippen molar-refractivity contribution in [2.24, 2.45) is 5.92 Å². The molecule has 200 valence electrons. The molecule has 10 nitrogen and oxygen atoms in total. The number of nitrogens with one attached hydrogen (secondary N) is 1. The summed E-state index contributed by atoms with van der Waals surface area (Å²) in [6.45, 7) is 3.16. The normalized spacial score (nSPS) is 18.0. The van der Waals surface area contributed by atoms with Gasteiger partial charge in [0.15, 0.2) is 11.5 Å². The van der Waals surface area contributed by atoms with Gasteiger partial charge in [0.1, 0.15) is 0 Å². The van der Waals surface area contributed by atoms with E-state index in [1.54, 1.807) is 20.3 Å². The Balaban J connectivity index is 1.15. The van der Waals surface area contributed by atoms with Gasteiger partial charge in [-0.25, -0.2) is 0 Å². The Hall–Kier alpha value is -3.92. The number of likely N-dealkylation sites (tertiary alicyclic amines) is 1. The predicted molar refractivity (Wildman–Crippen MR) is 141 cm³/mol. The number of aromatic nitrogens is 2. The van der Waals surface area contributed by atoms with Crippen LogP contribution in [-0.2, 0) is 22.7 Å². The third-order valence-electron chi connectivity index (χ3n) is 7.11. The van der Waals surface area contributed by atoms with E-state index in [0.29, 0.717) is 49.3 Å². The quantitative estimate of drug-likeness (QED) is 0.458. The van der Waals surface area contributed by atoms with Crippen LogP contribution in [0.2, 0.25) is 0 Å². The number of hydrogen-bond acceptors (Lipinski definition) is 8. The number of carbonyl (C=O) groups is 2. The molecule has 2 saturated heterocycles. The largest absolute Gasteiger partial charge is 0.493 e. The van der Waals surface area contributed by atoms with Crippen molar-refractivity contribution >= 4 is 17.5 Å². The zero-order valence-corrected chi connectivity index (χ0v) is 21.8. The summed E-state index contributed by atoms with van der Waals surface area (Å²) < 4.78 is 16.2. The molecule has 2 aliphatic heterocycles. The van der Waals surface area contributed by atoms with E-state index in [1.165, 1.54) is 0 Å². The third-order valence-corrected chi connectivity index (χ3v) is 7.11. The van der Waals surface area contributed by atoms with Gasteiger partial charge in [0, 0.05) is 37.3 Å². The van der Waals surface area contributed by atoms with Crippen molar-refractivity contribution in [1.29, 1.82) is 0 Å². The van der Waals surface area contributed by atoms with E-state index >= 15 is 0 Å². The fourth-order valence-electron chi connectivity index (χ4n) is 5.11. The first-order valence-corrected chi connectivity index (χ1v) is 13.0. The zero-order chi connectivity index (χ0) is 26.5. The van der Waals surface area contributed by atoms with Crippen LogP contribution >= 0.6 is 0 Å². The van der Waals surface area contributed by atoms with Crippen molar-refractivity contribution in [2.45, 2.75) is 38.8 Å². The van der Waals surface area contributed by atoms with Gasteiger partial charge in [-0.2, -0.15) is 4.98 Å². The third kappa shape index (κ3) is 5.80. The standard InChI is InChI=1S/C28H33N5O5/c1-36-23-11-10-20(15-24(23)37-2)27-30-25(38-31-27)18-32-12-4-7-21(17-32)28(35)29-16-19-6-3-8-22(14-19)33-13-5-9-26(33)34/h3,6,8,10-11,14-15,21H,4-5,7,9,12-13,16-18H2,1-2H3,(H,29,35). The summed E-state index contributed by atoms with van der Waals surface area (Å²) in [7, 11) is 3.17. The number of piperidine rings is 1. The average molecular weight is 520 g/mol. The first-order valence-electron chi connectivity index (χ1n) is 13.0. The molecule has 1 N–H and O–H groups in total. The molecule has 3 heterocycles. The highest BCUT2D eigenvalue weighted by atomic mass is 16.5. The number of amides is 2. The molecule has 0 spiro atoms. The second kappa shape index (κ2) is 11.6. The second-order valence-electron chi connectivity index (χ2n) is 9.69. The van der Waals surface area contributed by atoms with E-state index in [-0.39, 0.29) is 17.7 Å². The lowest BCUT2D eigenvalue weighted by Crippen LogP contribution is -2.42. The molecule has 2 aliphatic rings. The van der Waals surface area contributed by atoms with Crippen LogP contribution in [0, 0.1) is 5.92 Å². The van der Waals surface area contributed by atoms with Crippen LogP contribution in [0.25, 0.3) is 11.4 Å². The Kier molecular flexibility index (Phi) is 7.88. The zero-order valence-electron chi connectivity index (χ0n) is 21.8. The lowest BCUT2D eigenvalue weighted by atomic mass is 9.97. The van der Waals surface area contributed by atoms with Crippen LogP contribution in [-0.4, -0.2) is 60.7 Å². The van der Waals surface area contributed by atoms with Crippen LogP contribution < -0.4 is 19.7 Å². The van der Waals surface area contributed by atoms with Crippen molar-refractivity contribution in [3.63, 3.8) is 0 Å². The fourth-order valence-corrected chi connectivity index (χ4v) is 5.11. The number of benzene rings is 2. The molecule has 1 atom stereocenters. The number of methoxy groups -OCH3 is 2. The summed E-state index contributed by atoms with van der Waals surface area (Å²) in [5, 5.41) is 7.21. The summed E-state index contributed by atoms with van der Waals surface area (Å²) in [6.07, 6.45) is 3.24. The number of anilines is 1. The Morgan fingerprint density at radius 1 is 1.11 bits per heavy atom. The summed E-state index contributed by atoms with van der Waals surface area (Å²) in [4.78, 5) is 33.6. The van der Waals surface area contributed by atoms with E-state index in [2.05, 4.69) is 20.4 Å². The molecule has 1 unspecified atom stereocenters. The monoisotopic (exact) mass is 519 g/mol. The van der Waals surface area contributed by atoms with E-state index in [1.807, 2.05) is 41.3 Å². The predicted octanol–water partition coefficient (Wildman–Crippen LogP) is 3.41. The summed E-state index contributed by atoms with van der Waals surface area (Å²) in [6, 6.07) is 13.3. The molecule has 0 bridgehead atoms. The van der Waals surface area contributed by atoms with Crippen molar-refractivity contribution in [3.8, 4) is 22.9 Å². The minimum Gasteiger partial charge on any atom is -0.493 e. The number of nitrogens with zero attached hydrogens (tertiary/aromatic N) is 4. The first-order chi connectivity index (χ1) is 18.5. The SMILES string of the molecule is COc1ccc(-c2noc(CN3CCCC(C(=O)NCc4cccc(N5CCCC5=O)c4)C3)n2)cc1OC. The van der Waals surface area contributed by atoms with Crippen LogP contribution in [0.3, 0.4) is 0 Å². The van der Waals surface area contributed by atoms with Gasteiger partial charge >= 0.3 is 0 Å². The maximum atomic E-state index is 13.0. The van der Waals surface area contributed by atoms with Crippen molar-refractivity contribution < 1.29 is 23.6 Å². The molecule has 1 aromatic heterocycles. The van der Waals surface area contributed by atoms with Crippen molar-refractivity contribution in [3.05, 3.63) is 53.9 Å². The first kappa shape index (κ1) is 25.7. The molecule has 2 fully saturated rings. The average Bonchev–Trinajstić information content (AvgIpc) is 3.60. The van der Waals surface area contributed by atoms with E-state index in [9.17, 15) is 9.59 Å². The molecule has 3 aromatic rings. The molecule has 5 rings (SSSR count). The van der Waals surface area contributed by atoms with Crippen LogP contribution in [0.5, 0.6) is 11.5 Å². The summed E-state index contributed by atoms with van der Waals surface area (Å²) in [5.74, 6) is 2.29. The second-order valence-corrected chi connectivity index (χ2v) is 9.69. The van der Waals surface area contributed by atoms with Gasteiger partial charge < -0.3 is 24.2 Å². The van der Waals surface area contributed by atoms with Gasteiger partial charge in [-0.3, -0.25) is 14.5 Å². The van der Waals surface area contributed by atoms with Gasteiger partial charge in [-0.1, -0.05) is 17.3 Å². The Morgan fingerprint density at radius 2 is 1.97 bits per heavy atom. The van der Waals surface area contributed by atoms with Gasteiger partial charge in [-0.15, -0.1) is 0 Å².